The molecule has 0 atom stereocenters. The summed E-state index contributed by atoms with van der Waals surface area (Å²) in [5.74, 6) is 0.716. The summed E-state index contributed by atoms with van der Waals surface area (Å²) in [4.78, 5) is 40.8. The van der Waals surface area contributed by atoms with E-state index < -0.39 is 0 Å². The van der Waals surface area contributed by atoms with E-state index in [1.54, 1.807) is 35.8 Å². The van der Waals surface area contributed by atoms with Crippen molar-refractivity contribution >= 4 is 50.6 Å². The molecular formula is C90H100N24O. The van der Waals surface area contributed by atoms with Crippen LogP contribution in [-0.2, 0) is 71.1 Å². The van der Waals surface area contributed by atoms with Crippen LogP contribution < -0.4 is 42.0 Å². The van der Waals surface area contributed by atoms with Crippen LogP contribution in [0.25, 0.3) is 27.8 Å². The van der Waals surface area contributed by atoms with Gasteiger partial charge in [0.25, 0.3) is 0 Å². The third-order valence-corrected chi connectivity index (χ3v) is 19.5. The molecule has 0 spiro atoms. The van der Waals surface area contributed by atoms with Crippen molar-refractivity contribution in [3.8, 4) is 5.88 Å². The molecule has 25 heteroatoms. The Kier molecular flexibility index (Phi) is 31.0. The molecule has 0 amide bonds. The summed E-state index contributed by atoms with van der Waals surface area (Å²) in [6.07, 6.45) is 48.0. The second-order valence-electron chi connectivity index (χ2n) is 27.4. The number of nitrogens with one attached hydrogen (secondary N) is 7. The maximum absolute atomic E-state index is 5.25. The molecule has 2 aromatic carbocycles. The molecule has 16 aromatic rings. The first-order chi connectivity index (χ1) is 57.1. The highest BCUT2D eigenvalue weighted by atomic mass is 16.5. The van der Waals surface area contributed by atoms with Gasteiger partial charge in [0, 0.05) is 181 Å². The lowest BCUT2D eigenvalue weighted by molar-refractivity contribution is 0.310. The Bertz CT molecular complexity index is 4500. The molecule has 115 heavy (non-hydrogen) atoms. The van der Waals surface area contributed by atoms with Gasteiger partial charge in [-0.1, -0.05) is 66.7 Å². The standard InChI is InChI=1S/C9H7N.C9H11N.5C8H10N2.C7H8N2O.C7H9N.3C6H5N3/c1-2-6-9-8(4-1)5-3-7-10-9;1-2-4-9-7-10-6-5-8(9)3-1;1-3-9-5-8-6-10-4-2-7(1)8;1-3-7-8(9-5-1)4-2-6-10-7;2*1-2-7-6-9-5-3-8(7)10-4-1;1-2-7-3-5-9-6-8(7)10-4-1;1-2-6-7(9-3-1)10-5-4-8-6;1-3-7-4-2-6-8(7)5-1;1-2-7-5-9-4-3-8-6(1)9;1-2-4-9-5-7-8-6(9)3-1;1-2-4-9-6(3-1)7-5-8-9/h1-7H;1-4,10H,5-7H2;2*1,3,5,10H,2,4,6H2;3,5-6,10H,1-2,4H2;1-2,4,9H,3,5-6H2;3,5-6,10H,1-2,4H2;1-3,8H,4-5H2;1,3,5H,2,4,6H2;3*1-5H. The quantitative estimate of drug-likeness (QED) is 0.0743. The van der Waals surface area contributed by atoms with Crippen LogP contribution in [0.1, 0.15) is 81.7 Å². The van der Waals surface area contributed by atoms with Crippen LogP contribution in [0.4, 0.5) is 22.7 Å². The third kappa shape index (κ3) is 25.1. The molecule has 0 aliphatic carbocycles. The largest absolute Gasteiger partial charge is 0.474 e. The van der Waals surface area contributed by atoms with E-state index in [0.717, 1.165) is 113 Å². The summed E-state index contributed by atoms with van der Waals surface area (Å²) in [6.45, 7) is 12.5. The molecule has 586 valence electrons. The summed E-state index contributed by atoms with van der Waals surface area (Å²) in [7, 11) is 0. The molecule has 7 N–H and O–H groups in total. The van der Waals surface area contributed by atoms with E-state index in [4.69, 9.17) is 4.74 Å². The fourth-order valence-corrected chi connectivity index (χ4v) is 13.5. The second-order valence-corrected chi connectivity index (χ2v) is 27.4. The molecular weight excluding hydrogens is 1430 g/mol. The van der Waals surface area contributed by atoms with Crippen molar-refractivity contribution in [3.63, 3.8) is 0 Å². The zero-order valence-corrected chi connectivity index (χ0v) is 64.9. The van der Waals surface area contributed by atoms with Crippen LogP contribution in [0.5, 0.6) is 5.88 Å². The van der Waals surface area contributed by atoms with E-state index in [-0.39, 0.29) is 0 Å². The molecule has 24 rings (SSSR count). The minimum atomic E-state index is 0.712. The van der Waals surface area contributed by atoms with Gasteiger partial charge in [0.15, 0.2) is 11.3 Å². The fourth-order valence-electron chi connectivity index (χ4n) is 13.5. The summed E-state index contributed by atoms with van der Waals surface area (Å²) < 4.78 is 13.0. The number of rotatable bonds is 0. The molecule has 0 saturated carbocycles. The molecule has 25 nitrogen and oxygen atoms in total. The van der Waals surface area contributed by atoms with E-state index in [9.17, 15) is 0 Å². The molecule has 0 radical (unpaired) electrons. The van der Waals surface area contributed by atoms with Crippen molar-refractivity contribution in [1.29, 1.82) is 0 Å². The lowest BCUT2D eigenvalue weighted by atomic mass is 10.0. The maximum atomic E-state index is 5.25. The van der Waals surface area contributed by atoms with Crippen molar-refractivity contribution in [2.75, 3.05) is 73.7 Å². The average molecular weight is 1530 g/mol. The number of para-hydroxylation sites is 1. The first-order valence-electron chi connectivity index (χ1n) is 39.6. The van der Waals surface area contributed by atoms with E-state index >= 15 is 0 Å². The number of ether oxygens (including phenoxy) is 1. The predicted molar refractivity (Wildman–Crippen MR) is 456 cm³/mol. The number of imidazole rings is 1. The number of anilines is 4. The van der Waals surface area contributed by atoms with Gasteiger partial charge in [-0.2, -0.15) is 5.10 Å². The Morgan fingerprint density at radius 3 is 1.76 bits per heavy atom. The number of nitrogens with zero attached hydrogens (tertiary/aromatic N) is 17. The average Bonchev–Trinajstić information content (AvgIpc) is 1.82. The summed E-state index contributed by atoms with van der Waals surface area (Å²) in [6, 6.07) is 56.7. The van der Waals surface area contributed by atoms with Crippen LogP contribution in [0.3, 0.4) is 0 Å². The molecule has 22 heterocycles. The number of aromatic nitrogens is 17. The Labute approximate surface area is 671 Å². The summed E-state index contributed by atoms with van der Waals surface area (Å²) in [5.41, 5.74) is 22.4. The first-order valence-corrected chi connectivity index (χ1v) is 39.6. The zero-order chi connectivity index (χ0) is 78.2. The minimum absolute atomic E-state index is 0.712. The highest BCUT2D eigenvalue weighted by molar-refractivity contribution is 5.77. The first kappa shape index (κ1) is 79.8. The van der Waals surface area contributed by atoms with Gasteiger partial charge in [-0.25, -0.2) is 24.5 Å². The predicted octanol–water partition coefficient (Wildman–Crippen LogP) is 13.8. The number of fused-ring (bicyclic) bond motifs is 12. The highest BCUT2D eigenvalue weighted by Crippen LogP contribution is 2.24. The van der Waals surface area contributed by atoms with Crippen LogP contribution >= 0.6 is 0 Å². The van der Waals surface area contributed by atoms with Gasteiger partial charge in [-0.3, -0.25) is 38.7 Å². The maximum Gasteiger partial charge on any atom is 0.237 e. The topological polar surface area (TPSA) is 279 Å². The van der Waals surface area contributed by atoms with Crippen molar-refractivity contribution < 1.29 is 4.74 Å². The van der Waals surface area contributed by atoms with E-state index in [1.807, 2.05) is 180 Å². The van der Waals surface area contributed by atoms with Gasteiger partial charge in [0.05, 0.1) is 34.5 Å². The lowest BCUT2D eigenvalue weighted by Gasteiger charge is -2.16. The lowest BCUT2D eigenvalue weighted by Crippen LogP contribution is -2.24. The van der Waals surface area contributed by atoms with Gasteiger partial charge >= 0.3 is 0 Å². The number of benzene rings is 2. The highest BCUT2D eigenvalue weighted by Gasteiger charge is 2.13. The van der Waals surface area contributed by atoms with Crippen molar-refractivity contribution in [1.82, 2.24) is 99.0 Å². The van der Waals surface area contributed by atoms with Gasteiger partial charge in [-0.15, -0.1) is 10.2 Å². The van der Waals surface area contributed by atoms with E-state index in [1.165, 1.54) is 143 Å². The molecule has 0 saturated heterocycles. The Hall–Kier alpha value is -13.2. The number of pyridine rings is 9. The van der Waals surface area contributed by atoms with Gasteiger partial charge < -0.3 is 46.5 Å². The van der Waals surface area contributed by atoms with Crippen LogP contribution in [0, 0.1) is 0 Å². The third-order valence-electron chi connectivity index (χ3n) is 19.5. The van der Waals surface area contributed by atoms with Crippen molar-refractivity contribution in [2.24, 2.45) is 0 Å². The smallest absolute Gasteiger partial charge is 0.237 e. The summed E-state index contributed by atoms with van der Waals surface area (Å²) in [5, 5.41) is 35.7. The number of hydrogen-bond donors (Lipinski definition) is 7. The second kappa shape index (κ2) is 44.7. The van der Waals surface area contributed by atoms with Crippen LogP contribution in [0.2, 0.25) is 0 Å². The van der Waals surface area contributed by atoms with E-state index in [2.05, 4.69) is 186 Å². The van der Waals surface area contributed by atoms with Crippen molar-refractivity contribution in [2.45, 2.75) is 96.8 Å². The Morgan fingerprint density at radius 2 is 0.974 bits per heavy atom. The van der Waals surface area contributed by atoms with Gasteiger partial charge in [0.1, 0.15) is 31.2 Å². The number of hydrogen-bond acceptors (Lipinski definition) is 21. The number of aryl methyl sites for hydroxylation is 5. The van der Waals surface area contributed by atoms with Crippen molar-refractivity contribution in [3.05, 3.63) is 344 Å². The van der Waals surface area contributed by atoms with Gasteiger partial charge in [0.2, 0.25) is 5.88 Å². The molecule has 0 unspecified atom stereocenters. The Balaban J connectivity index is 0.000000109. The summed E-state index contributed by atoms with van der Waals surface area (Å²) >= 11 is 0. The minimum Gasteiger partial charge on any atom is -0.474 e. The van der Waals surface area contributed by atoms with Crippen LogP contribution in [-0.4, -0.2) is 135 Å². The molecule has 8 aliphatic heterocycles. The SMILES string of the molecule is c1cc2c(cn1)CCCN2.c1cc2c(cn1)CNCC2.c1cc2c(cn1)NCCC2.c1cc2n(c1)CCC2.c1cc2nccn2cn1.c1ccc2c(c1)CCNC2.c1ccc2ncccc2c1.c1ccn2cnnc2c1.c1ccn2ncnc2c1.c1cnc2c(c1)CNCC2.c1cnc2c(c1)NCCC2.c1cnc2c(c1)NCCO2. The monoisotopic (exact) mass is 1530 g/mol. The normalized spacial score (nSPS) is 14.1. The van der Waals surface area contributed by atoms with Gasteiger partial charge in [-0.05, 0) is 219 Å². The fraction of sp³-hybridized carbons (Fsp3) is 0.256. The van der Waals surface area contributed by atoms with Crippen LogP contribution in [0.15, 0.2) is 288 Å². The molecule has 0 fully saturated rings. The zero-order valence-electron chi connectivity index (χ0n) is 64.9. The Morgan fingerprint density at radius 1 is 0.339 bits per heavy atom. The molecule has 14 aromatic heterocycles. The van der Waals surface area contributed by atoms with E-state index in [0.29, 0.717) is 12.5 Å². The molecule has 8 aliphatic rings. The molecule has 0 bridgehead atoms.